The van der Waals surface area contributed by atoms with Gasteiger partial charge in [0.25, 0.3) is 0 Å². The number of thiol groups is 1. The van der Waals surface area contributed by atoms with Gasteiger partial charge in [-0.1, -0.05) is 87.9 Å². The molecule has 0 heterocycles. The molecule has 18 heteroatoms. The molecule has 0 aromatic heterocycles. The van der Waals surface area contributed by atoms with E-state index in [1.807, 2.05) is 44.2 Å². The van der Waals surface area contributed by atoms with Crippen molar-refractivity contribution in [3.8, 4) is 0 Å². The molecule has 2 rings (SSSR count). The molecule has 10 N–H and O–H groups in total. The van der Waals surface area contributed by atoms with E-state index in [9.17, 15) is 43.8 Å². The van der Waals surface area contributed by atoms with Gasteiger partial charge in [0, 0.05) is 60.0 Å². The summed E-state index contributed by atoms with van der Waals surface area (Å²) < 4.78 is 3.34. The second-order valence-electron chi connectivity index (χ2n) is 14.7. The SMILES string of the molecule is CCC(C)(CC(=O)NC(Cc1ccccc1)C(=O)NC(Cc1ccccc1)C(=O)NCC(N)C(=O)NC(CC(=O)O)C(=O)NC(CS)C(=O)O)CC(C)(CC)NI. The van der Waals surface area contributed by atoms with E-state index in [1.54, 1.807) is 30.3 Å². The third kappa shape index (κ3) is 17.0. The molecule has 0 saturated carbocycles. The van der Waals surface area contributed by atoms with Crippen molar-refractivity contribution >= 4 is 77.0 Å². The number of halogens is 1. The predicted molar refractivity (Wildman–Crippen MR) is 226 cm³/mol. The number of hydrogen-bond donors (Lipinski definition) is 10. The molecule has 0 spiro atoms. The van der Waals surface area contributed by atoms with Crippen LogP contribution in [0.15, 0.2) is 60.7 Å². The summed E-state index contributed by atoms with van der Waals surface area (Å²) >= 11 is 6.00. The maximum Gasteiger partial charge on any atom is 0.327 e. The van der Waals surface area contributed by atoms with Gasteiger partial charge in [0.1, 0.15) is 30.2 Å². The van der Waals surface area contributed by atoms with Gasteiger partial charge in [-0.25, -0.2) is 4.79 Å². The molecule has 57 heavy (non-hydrogen) atoms. The highest BCUT2D eigenvalue weighted by Gasteiger charge is 2.36. The summed E-state index contributed by atoms with van der Waals surface area (Å²) in [7, 11) is 0. The molecule has 0 aliphatic heterocycles. The van der Waals surface area contributed by atoms with Crippen molar-refractivity contribution < 1.29 is 43.8 Å². The first-order valence-corrected chi connectivity index (χ1v) is 20.3. The number of hydrogen-bond acceptors (Lipinski definition) is 10. The first-order valence-electron chi connectivity index (χ1n) is 18.6. The van der Waals surface area contributed by atoms with Crippen molar-refractivity contribution in [1.82, 2.24) is 30.1 Å². The Kier molecular flexibility index (Phi) is 20.4. The number of carboxylic acid groups (broad SMARTS) is 2. The van der Waals surface area contributed by atoms with Gasteiger partial charge in [0.15, 0.2) is 0 Å². The molecule has 0 bridgehead atoms. The Labute approximate surface area is 352 Å². The highest BCUT2D eigenvalue weighted by molar-refractivity contribution is 14.1. The third-order valence-corrected chi connectivity index (χ3v) is 11.4. The molecule has 0 radical (unpaired) electrons. The van der Waals surface area contributed by atoms with Crippen LogP contribution >= 0.6 is 35.5 Å². The van der Waals surface area contributed by atoms with E-state index in [2.05, 4.69) is 79.5 Å². The fourth-order valence-corrected chi connectivity index (χ4v) is 6.87. The molecule has 0 aliphatic carbocycles. The third-order valence-electron chi connectivity index (χ3n) is 9.76. The van der Waals surface area contributed by atoms with Crippen molar-refractivity contribution in [1.29, 1.82) is 0 Å². The number of rotatable bonds is 25. The number of carboxylic acids is 2. The summed E-state index contributed by atoms with van der Waals surface area (Å²) in [4.78, 5) is 89.9. The van der Waals surface area contributed by atoms with E-state index < -0.39 is 78.7 Å². The summed E-state index contributed by atoms with van der Waals surface area (Å²) in [6, 6.07) is 11.1. The smallest absolute Gasteiger partial charge is 0.327 e. The number of carbonyl (C=O) groups excluding carboxylic acids is 5. The quantitative estimate of drug-likeness (QED) is 0.0389. The number of carbonyl (C=O) groups is 7. The lowest BCUT2D eigenvalue weighted by atomic mass is 9.73. The summed E-state index contributed by atoms with van der Waals surface area (Å²) in [6.07, 6.45) is 1.74. The fourth-order valence-electron chi connectivity index (χ4n) is 6.05. The largest absolute Gasteiger partial charge is 0.481 e. The van der Waals surface area contributed by atoms with Gasteiger partial charge in [0.05, 0.1) is 6.42 Å². The minimum absolute atomic E-state index is 0.0371. The molecule has 0 saturated heterocycles. The van der Waals surface area contributed by atoms with Crippen molar-refractivity contribution in [3.05, 3.63) is 71.8 Å². The zero-order chi connectivity index (χ0) is 42.8. The molecule has 0 aliphatic rings. The van der Waals surface area contributed by atoms with Crippen LogP contribution in [-0.2, 0) is 46.4 Å². The molecule has 2 aromatic carbocycles. The molecular weight excluding hydrogens is 869 g/mol. The molecule has 5 amide bonds. The van der Waals surface area contributed by atoms with Gasteiger partial charge in [-0.3, -0.25) is 32.3 Å². The summed E-state index contributed by atoms with van der Waals surface area (Å²) in [5.74, 6) is -6.89. The molecule has 16 nitrogen and oxygen atoms in total. The zero-order valence-corrected chi connectivity index (χ0v) is 35.7. The molecule has 7 atom stereocenters. The topological polar surface area (TPSA) is 258 Å². The van der Waals surface area contributed by atoms with Crippen LogP contribution in [0, 0.1) is 5.41 Å². The highest BCUT2D eigenvalue weighted by Crippen LogP contribution is 2.37. The lowest BCUT2D eigenvalue weighted by Crippen LogP contribution is -2.58. The van der Waals surface area contributed by atoms with Crippen LogP contribution in [-0.4, -0.2) is 99.7 Å². The van der Waals surface area contributed by atoms with E-state index in [0.717, 1.165) is 18.4 Å². The lowest BCUT2D eigenvalue weighted by Gasteiger charge is -2.38. The van der Waals surface area contributed by atoms with Crippen molar-refractivity contribution in [2.45, 2.75) is 108 Å². The van der Waals surface area contributed by atoms with Crippen molar-refractivity contribution in [2.24, 2.45) is 11.1 Å². The Morgan fingerprint density at radius 3 is 1.67 bits per heavy atom. The van der Waals surface area contributed by atoms with Crippen LogP contribution in [0.2, 0.25) is 0 Å². The number of benzene rings is 2. The summed E-state index contributed by atoms with van der Waals surface area (Å²) in [5.41, 5.74) is 6.92. The first kappa shape index (κ1) is 48.9. The van der Waals surface area contributed by atoms with Gasteiger partial charge < -0.3 is 42.5 Å². The van der Waals surface area contributed by atoms with Gasteiger partial charge in [-0.15, -0.1) is 0 Å². The Morgan fingerprint density at radius 2 is 1.21 bits per heavy atom. The van der Waals surface area contributed by atoms with Crippen molar-refractivity contribution in [3.63, 3.8) is 0 Å². The Bertz CT molecular complexity index is 1670. The van der Waals surface area contributed by atoms with Crippen LogP contribution in [0.25, 0.3) is 0 Å². The molecule has 7 unspecified atom stereocenters. The molecular formula is C39H56IN7O9S. The van der Waals surface area contributed by atoms with E-state index in [4.69, 9.17) is 5.73 Å². The fraction of sp³-hybridized carbons (Fsp3) is 0.513. The minimum Gasteiger partial charge on any atom is -0.481 e. The second kappa shape index (κ2) is 23.8. The normalized spacial score (nSPS) is 15.8. The second-order valence-corrected chi connectivity index (χ2v) is 15.6. The zero-order valence-electron chi connectivity index (χ0n) is 32.7. The number of nitrogens with one attached hydrogen (secondary N) is 6. The van der Waals surface area contributed by atoms with E-state index in [-0.39, 0.29) is 41.9 Å². The number of nitrogens with two attached hydrogens (primary N) is 1. The van der Waals surface area contributed by atoms with E-state index in [0.29, 0.717) is 12.0 Å². The van der Waals surface area contributed by atoms with Gasteiger partial charge in [-0.05, 0) is 36.3 Å². The lowest BCUT2D eigenvalue weighted by molar-refractivity contribution is -0.143. The van der Waals surface area contributed by atoms with Crippen LogP contribution in [0.1, 0.15) is 70.9 Å². The first-order chi connectivity index (χ1) is 26.9. The highest BCUT2D eigenvalue weighted by atomic mass is 127. The molecule has 314 valence electrons. The summed E-state index contributed by atoms with van der Waals surface area (Å²) in [6.45, 7) is 7.78. The van der Waals surface area contributed by atoms with Crippen LogP contribution in [0.5, 0.6) is 0 Å². The Hall–Kier alpha value is -4.27. The van der Waals surface area contributed by atoms with Gasteiger partial charge in [0.2, 0.25) is 29.5 Å². The number of amides is 5. The number of aliphatic carboxylic acids is 2. The van der Waals surface area contributed by atoms with Crippen LogP contribution < -0.4 is 35.8 Å². The minimum atomic E-state index is -1.69. The van der Waals surface area contributed by atoms with Crippen molar-refractivity contribution in [2.75, 3.05) is 12.3 Å². The Morgan fingerprint density at radius 1 is 0.719 bits per heavy atom. The predicted octanol–water partition coefficient (Wildman–Crippen LogP) is 1.65. The average molecular weight is 926 g/mol. The van der Waals surface area contributed by atoms with Crippen LogP contribution in [0.3, 0.4) is 0 Å². The van der Waals surface area contributed by atoms with Crippen LogP contribution in [0.4, 0.5) is 0 Å². The standard InChI is InChI=1S/C39H56IN7O9S/c1-5-38(3,23-39(4,6-2)47-40)20-31(48)43-28(18-25-15-11-8-12-16-25)35(53)45-27(17-24-13-9-7-10-14-24)34(52)42-21-26(41)33(51)44-29(19-32(49)50)36(54)46-30(22-57)37(55)56/h7-16,26-30,47,57H,5-6,17-23,41H2,1-4H3,(H,42,52)(H,43,48)(H,44,51)(H,45,53)(H,46,54)(H,49,50)(H,55,56). The summed E-state index contributed by atoms with van der Waals surface area (Å²) in [5, 5.41) is 31.1. The average Bonchev–Trinajstić information content (AvgIpc) is 3.18. The molecule has 0 fully saturated rings. The maximum atomic E-state index is 14.1. The molecule has 2 aromatic rings. The van der Waals surface area contributed by atoms with Gasteiger partial charge >= 0.3 is 11.9 Å². The monoisotopic (exact) mass is 925 g/mol. The van der Waals surface area contributed by atoms with Gasteiger partial charge in [-0.2, -0.15) is 12.6 Å². The van der Waals surface area contributed by atoms with E-state index in [1.165, 1.54) is 0 Å². The Balaban J connectivity index is 2.28. The maximum absolute atomic E-state index is 14.1. The van der Waals surface area contributed by atoms with E-state index >= 15 is 0 Å².